The molecule has 3 rings (SSSR count). The number of esters is 1. The van der Waals surface area contributed by atoms with Crippen LogP contribution in [-0.2, 0) is 9.53 Å². The van der Waals surface area contributed by atoms with E-state index >= 15 is 0 Å². The van der Waals surface area contributed by atoms with E-state index in [0.717, 1.165) is 11.1 Å². The molecule has 1 atom stereocenters. The highest BCUT2D eigenvalue weighted by atomic mass is 16.5. The summed E-state index contributed by atoms with van der Waals surface area (Å²) in [5, 5.41) is 2.74. The Hall–Kier alpha value is -3.60. The van der Waals surface area contributed by atoms with E-state index in [0.29, 0.717) is 23.6 Å². The number of rotatable bonds is 7. The number of carbonyl (C=O) groups excluding carboxylic acids is 2. The summed E-state index contributed by atoms with van der Waals surface area (Å²) >= 11 is 0. The molecule has 0 bridgehead atoms. The molecule has 1 amide bonds. The van der Waals surface area contributed by atoms with Gasteiger partial charge in [-0.3, -0.25) is 4.79 Å². The molecule has 0 spiro atoms. The lowest BCUT2D eigenvalue weighted by molar-refractivity contribution is -0.123. The molecule has 5 heteroatoms. The smallest absolute Gasteiger partial charge is 0.338 e. The van der Waals surface area contributed by atoms with Crippen LogP contribution in [0.2, 0.25) is 0 Å². The van der Waals surface area contributed by atoms with Crippen LogP contribution in [0.4, 0.5) is 5.69 Å². The van der Waals surface area contributed by atoms with Crippen LogP contribution in [0.3, 0.4) is 0 Å². The van der Waals surface area contributed by atoms with E-state index in [1.54, 1.807) is 30.3 Å². The van der Waals surface area contributed by atoms with Crippen molar-refractivity contribution in [3.05, 3.63) is 84.4 Å². The molecule has 0 heterocycles. The van der Waals surface area contributed by atoms with Gasteiger partial charge in [0.05, 0.1) is 17.9 Å². The molecule has 0 aliphatic heterocycles. The number of para-hydroxylation sites is 2. The molecule has 3 aromatic carbocycles. The largest absolute Gasteiger partial charge is 0.492 e. The minimum Gasteiger partial charge on any atom is -0.492 e. The van der Waals surface area contributed by atoms with Crippen molar-refractivity contribution in [2.24, 2.45) is 0 Å². The summed E-state index contributed by atoms with van der Waals surface area (Å²) in [5.74, 6) is -0.407. The molecular formula is C24H23NO4. The van der Waals surface area contributed by atoms with Gasteiger partial charge in [-0.1, -0.05) is 54.6 Å². The molecule has 0 unspecified atom stereocenters. The van der Waals surface area contributed by atoms with E-state index < -0.39 is 18.0 Å². The predicted molar refractivity (Wildman–Crippen MR) is 113 cm³/mol. The van der Waals surface area contributed by atoms with E-state index in [2.05, 4.69) is 5.32 Å². The molecule has 0 aliphatic rings. The molecular weight excluding hydrogens is 366 g/mol. The van der Waals surface area contributed by atoms with E-state index in [9.17, 15) is 9.59 Å². The van der Waals surface area contributed by atoms with Crippen LogP contribution in [0.1, 0.15) is 24.2 Å². The summed E-state index contributed by atoms with van der Waals surface area (Å²) in [5.41, 5.74) is 2.99. The van der Waals surface area contributed by atoms with Crippen LogP contribution in [0, 0.1) is 0 Å². The molecule has 0 fully saturated rings. The highest BCUT2D eigenvalue weighted by Crippen LogP contribution is 2.24. The second-order valence-corrected chi connectivity index (χ2v) is 6.41. The average Bonchev–Trinajstić information content (AvgIpc) is 2.76. The fraction of sp³-hybridized carbons (Fsp3) is 0.167. The van der Waals surface area contributed by atoms with Gasteiger partial charge in [0.2, 0.25) is 0 Å². The Morgan fingerprint density at radius 2 is 1.48 bits per heavy atom. The summed E-state index contributed by atoms with van der Waals surface area (Å²) in [7, 11) is 0. The topological polar surface area (TPSA) is 64.6 Å². The third-order valence-corrected chi connectivity index (χ3v) is 4.33. The van der Waals surface area contributed by atoms with Crippen molar-refractivity contribution in [1.82, 2.24) is 0 Å². The molecule has 0 aliphatic carbocycles. The Morgan fingerprint density at radius 1 is 0.862 bits per heavy atom. The van der Waals surface area contributed by atoms with Crippen molar-refractivity contribution < 1.29 is 19.1 Å². The number of anilines is 1. The lowest BCUT2D eigenvalue weighted by atomic mass is 10.0. The first-order valence-electron chi connectivity index (χ1n) is 9.47. The zero-order valence-electron chi connectivity index (χ0n) is 16.4. The third kappa shape index (κ3) is 5.23. The maximum absolute atomic E-state index is 12.4. The Labute approximate surface area is 170 Å². The van der Waals surface area contributed by atoms with Gasteiger partial charge < -0.3 is 14.8 Å². The summed E-state index contributed by atoms with van der Waals surface area (Å²) in [6, 6.07) is 24.1. The highest BCUT2D eigenvalue weighted by molar-refractivity contribution is 5.98. The number of amides is 1. The van der Waals surface area contributed by atoms with Gasteiger partial charge in [-0.25, -0.2) is 4.79 Å². The van der Waals surface area contributed by atoms with E-state index in [4.69, 9.17) is 9.47 Å². The van der Waals surface area contributed by atoms with Crippen molar-refractivity contribution in [2.75, 3.05) is 11.9 Å². The minimum absolute atomic E-state index is 0.388. The van der Waals surface area contributed by atoms with Gasteiger partial charge in [0, 0.05) is 0 Å². The minimum atomic E-state index is -0.953. The van der Waals surface area contributed by atoms with Gasteiger partial charge in [-0.2, -0.15) is 0 Å². The van der Waals surface area contributed by atoms with Crippen LogP contribution in [0.15, 0.2) is 78.9 Å². The SMILES string of the molecule is CCOc1ccccc1NC(=O)[C@H](C)OC(=O)c1ccc(-c2ccccc2)cc1. The zero-order chi connectivity index (χ0) is 20.6. The Bertz CT molecular complexity index is 968. The first-order chi connectivity index (χ1) is 14.1. The first kappa shape index (κ1) is 20.1. The summed E-state index contributed by atoms with van der Waals surface area (Å²) in [6.07, 6.45) is -0.953. The highest BCUT2D eigenvalue weighted by Gasteiger charge is 2.20. The van der Waals surface area contributed by atoms with Crippen LogP contribution in [-0.4, -0.2) is 24.6 Å². The maximum Gasteiger partial charge on any atom is 0.338 e. The second kappa shape index (κ2) is 9.55. The Kier molecular flexibility index (Phi) is 6.63. The van der Waals surface area contributed by atoms with Gasteiger partial charge in [0.25, 0.3) is 5.91 Å². The van der Waals surface area contributed by atoms with Gasteiger partial charge in [0.1, 0.15) is 5.75 Å². The van der Waals surface area contributed by atoms with Crippen molar-refractivity contribution in [1.29, 1.82) is 0 Å². The lowest BCUT2D eigenvalue weighted by Crippen LogP contribution is -2.30. The monoisotopic (exact) mass is 389 g/mol. The van der Waals surface area contributed by atoms with Crippen molar-refractivity contribution in [2.45, 2.75) is 20.0 Å². The Balaban J connectivity index is 1.62. The van der Waals surface area contributed by atoms with Gasteiger partial charge >= 0.3 is 5.97 Å². The van der Waals surface area contributed by atoms with Crippen LogP contribution in [0.5, 0.6) is 5.75 Å². The molecule has 0 radical (unpaired) electrons. The standard InChI is InChI=1S/C24H23NO4/c1-3-28-22-12-8-7-11-21(22)25-23(26)17(2)29-24(27)20-15-13-19(14-16-20)18-9-5-4-6-10-18/h4-17H,3H2,1-2H3,(H,25,26)/t17-/m0/s1. The summed E-state index contributed by atoms with van der Waals surface area (Å²) in [4.78, 5) is 24.8. The number of hydrogen-bond acceptors (Lipinski definition) is 4. The third-order valence-electron chi connectivity index (χ3n) is 4.33. The molecule has 0 saturated heterocycles. The number of benzene rings is 3. The second-order valence-electron chi connectivity index (χ2n) is 6.41. The molecule has 5 nitrogen and oxygen atoms in total. The van der Waals surface area contributed by atoms with E-state index in [1.165, 1.54) is 6.92 Å². The summed E-state index contributed by atoms with van der Waals surface area (Å²) < 4.78 is 10.8. The van der Waals surface area contributed by atoms with Gasteiger partial charge in [0.15, 0.2) is 6.10 Å². The zero-order valence-corrected chi connectivity index (χ0v) is 16.4. The molecule has 0 saturated carbocycles. The lowest BCUT2D eigenvalue weighted by Gasteiger charge is -2.15. The molecule has 29 heavy (non-hydrogen) atoms. The van der Waals surface area contributed by atoms with Crippen LogP contribution >= 0.6 is 0 Å². The fourth-order valence-corrected chi connectivity index (χ4v) is 2.80. The van der Waals surface area contributed by atoms with Crippen molar-refractivity contribution >= 4 is 17.6 Å². The van der Waals surface area contributed by atoms with E-state index in [-0.39, 0.29) is 0 Å². The fourth-order valence-electron chi connectivity index (χ4n) is 2.80. The van der Waals surface area contributed by atoms with Gasteiger partial charge in [-0.15, -0.1) is 0 Å². The number of hydrogen-bond donors (Lipinski definition) is 1. The van der Waals surface area contributed by atoms with Crippen molar-refractivity contribution in [3.8, 4) is 16.9 Å². The number of nitrogens with one attached hydrogen (secondary N) is 1. The molecule has 3 aromatic rings. The molecule has 1 N–H and O–H groups in total. The maximum atomic E-state index is 12.4. The first-order valence-corrected chi connectivity index (χ1v) is 9.47. The van der Waals surface area contributed by atoms with Crippen LogP contribution < -0.4 is 10.1 Å². The van der Waals surface area contributed by atoms with Crippen LogP contribution in [0.25, 0.3) is 11.1 Å². The van der Waals surface area contributed by atoms with Crippen molar-refractivity contribution in [3.63, 3.8) is 0 Å². The van der Waals surface area contributed by atoms with E-state index in [1.807, 2.05) is 55.5 Å². The molecule has 0 aromatic heterocycles. The van der Waals surface area contributed by atoms with Gasteiger partial charge in [-0.05, 0) is 49.2 Å². The Morgan fingerprint density at radius 3 is 2.17 bits per heavy atom. The predicted octanol–water partition coefficient (Wildman–Crippen LogP) is 4.94. The number of carbonyl (C=O) groups is 2. The quantitative estimate of drug-likeness (QED) is 0.582. The summed E-state index contributed by atoms with van der Waals surface area (Å²) in [6.45, 7) is 3.89. The number of ether oxygens (including phenoxy) is 2. The normalized spacial score (nSPS) is 11.4. The average molecular weight is 389 g/mol. The molecule has 148 valence electrons.